The molecule has 2 aromatic rings. The summed E-state index contributed by atoms with van der Waals surface area (Å²) < 4.78 is 0. The van der Waals surface area contributed by atoms with Gasteiger partial charge in [0.25, 0.3) is 0 Å². The first-order valence-electron chi connectivity index (χ1n) is 7.63. The normalized spacial score (nSPS) is 16.8. The highest BCUT2D eigenvalue weighted by atomic mass is 35.5. The monoisotopic (exact) mass is 334 g/mol. The van der Waals surface area contributed by atoms with Gasteiger partial charge in [-0.15, -0.1) is 0 Å². The molecule has 1 saturated heterocycles. The summed E-state index contributed by atoms with van der Waals surface area (Å²) in [4.78, 5) is 4.95. The molecule has 116 valence electrons. The average molecular weight is 335 g/mol. The highest BCUT2D eigenvalue weighted by Crippen LogP contribution is 2.19. The first-order valence-corrected chi connectivity index (χ1v) is 8.39. The van der Waals surface area contributed by atoms with Gasteiger partial charge in [0.15, 0.2) is 0 Å². The molecule has 2 nitrogen and oxygen atoms in total. The van der Waals surface area contributed by atoms with Crippen molar-refractivity contribution in [3.63, 3.8) is 0 Å². The second-order valence-electron chi connectivity index (χ2n) is 5.77. The zero-order valence-electron chi connectivity index (χ0n) is 12.5. The largest absolute Gasteiger partial charge is 0.297 e. The minimum Gasteiger partial charge on any atom is -0.297 e. The highest BCUT2D eigenvalue weighted by Gasteiger charge is 2.17. The van der Waals surface area contributed by atoms with Crippen molar-refractivity contribution in [2.24, 2.45) is 0 Å². The third-order valence-corrected chi connectivity index (χ3v) is 4.72. The number of nitrogens with zero attached hydrogens (tertiary/aromatic N) is 2. The van der Waals surface area contributed by atoms with Gasteiger partial charge < -0.3 is 0 Å². The van der Waals surface area contributed by atoms with Crippen molar-refractivity contribution < 1.29 is 0 Å². The van der Waals surface area contributed by atoms with Crippen molar-refractivity contribution in [1.29, 1.82) is 0 Å². The number of rotatable bonds is 4. The van der Waals surface area contributed by atoms with Crippen LogP contribution in [0, 0.1) is 0 Å². The molecule has 1 aliphatic heterocycles. The molecule has 1 fully saturated rings. The zero-order chi connectivity index (χ0) is 15.4. The lowest BCUT2D eigenvalue weighted by atomic mass is 10.1. The molecule has 0 unspecified atom stereocenters. The highest BCUT2D eigenvalue weighted by molar-refractivity contribution is 6.31. The number of piperazine rings is 1. The van der Waals surface area contributed by atoms with Crippen molar-refractivity contribution in [3.05, 3.63) is 69.7 Å². The molecule has 0 radical (unpaired) electrons. The van der Waals surface area contributed by atoms with Crippen LogP contribution in [0.15, 0.2) is 48.5 Å². The molecule has 0 atom stereocenters. The van der Waals surface area contributed by atoms with E-state index in [2.05, 4.69) is 34.1 Å². The van der Waals surface area contributed by atoms with Crippen molar-refractivity contribution in [3.8, 4) is 0 Å². The first-order chi connectivity index (χ1) is 10.7. The molecule has 0 N–H and O–H groups in total. The Labute approximate surface area is 142 Å². The Hall–Kier alpha value is -1.06. The van der Waals surface area contributed by atoms with Gasteiger partial charge in [-0.05, 0) is 29.3 Å². The molecule has 0 aliphatic carbocycles. The minimum absolute atomic E-state index is 0.815. The molecule has 2 aromatic carbocycles. The van der Waals surface area contributed by atoms with Gasteiger partial charge in [-0.1, -0.05) is 53.5 Å². The second kappa shape index (κ2) is 7.47. The summed E-state index contributed by atoms with van der Waals surface area (Å²) in [7, 11) is 0. The van der Waals surface area contributed by atoms with E-state index in [1.807, 2.05) is 24.3 Å². The van der Waals surface area contributed by atoms with Crippen LogP contribution in [0.4, 0.5) is 0 Å². The lowest BCUT2D eigenvalue weighted by molar-refractivity contribution is 0.122. The molecule has 0 aromatic heterocycles. The van der Waals surface area contributed by atoms with E-state index in [1.54, 1.807) is 0 Å². The number of halogens is 2. The summed E-state index contributed by atoms with van der Waals surface area (Å²) >= 11 is 12.3. The molecule has 0 bridgehead atoms. The zero-order valence-corrected chi connectivity index (χ0v) is 14.0. The Morgan fingerprint density at radius 1 is 0.773 bits per heavy atom. The molecule has 0 spiro atoms. The van der Waals surface area contributed by atoms with Crippen molar-refractivity contribution in [2.75, 3.05) is 26.2 Å². The Bertz CT molecular complexity index is 622. The van der Waals surface area contributed by atoms with Gasteiger partial charge in [-0.2, -0.15) is 0 Å². The van der Waals surface area contributed by atoms with Crippen LogP contribution in [0.2, 0.25) is 10.0 Å². The number of benzene rings is 2. The summed E-state index contributed by atoms with van der Waals surface area (Å²) in [6.45, 7) is 6.22. The first kappa shape index (κ1) is 15.8. The van der Waals surface area contributed by atoms with Crippen LogP contribution in [-0.4, -0.2) is 36.0 Å². The maximum atomic E-state index is 6.24. The predicted molar refractivity (Wildman–Crippen MR) is 93.5 cm³/mol. The topological polar surface area (TPSA) is 6.48 Å². The number of hydrogen-bond acceptors (Lipinski definition) is 2. The van der Waals surface area contributed by atoms with E-state index in [9.17, 15) is 0 Å². The van der Waals surface area contributed by atoms with Crippen LogP contribution in [0.25, 0.3) is 0 Å². The van der Waals surface area contributed by atoms with E-state index in [0.717, 1.165) is 49.3 Å². The van der Waals surface area contributed by atoms with E-state index in [1.165, 1.54) is 11.1 Å². The van der Waals surface area contributed by atoms with Gasteiger partial charge >= 0.3 is 0 Å². The molecular weight excluding hydrogens is 315 g/mol. The molecule has 3 rings (SSSR count). The lowest BCUT2D eigenvalue weighted by Crippen LogP contribution is -2.45. The fourth-order valence-corrected chi connectivity index (χ4v) is 3.27. The van der Waals surface area contributed by atoms with Gasteiger partial charge in [0, 0.05) is 49.3 Å². The van der Waals surface area contributed by atoms with Crippen molar-refractivity contribution in [2.45, 2.75) is 13.1 Å². The smallest absolute Gasteiger partial charge is 0.0451 e. The van der Waals surface area contributed by atoms with E-state index in [4.69, 9.17) is 23.2 Å². The number of hydrogen-bond donors (Lipinski definition) is 0. The van der Waals surface area contributed by atoms with Crippen LogP contribution in [0.5, 0.6) is 0 Å². The predicted octanol–water partition coefficient (Wildman–Crippen LogP) is 4.31. The third kappa shape index (κ3) is 4.23. The van der Waals surface area contributed by atoms with Crippen molar-refractivity contribution >= 4 is 23.2 Å². The average Bonchev–Trinajstić information content (AvgIpc) is 2.52. The second-order valence-corrected chi connectivity index (χ2v) is 6.62. The summed E-state index contributed by atoms with van der Waals surface area (Å²) in [6, 6.07) is 16.2. The van der Waals surface area contributed by atoms with E-state index in [-0.39, 0.29) is 0 Å². The van der Waals surface area contributed by atoms with Crippen LogP contribution in [0.3, 0.4) is 0 Å². The summed E-state index contributed by atoms with van der Waals surface area (Å²) in [5.41, 5.74) is 2.50. The van der Waals surface area contributed by atoms with Gasteiger partial charge in [0.1, 0.15) is 0 Å². The molecular formula is C18H20Cl2N2. The third-order valence-electron chi connectivity index (χ3n) is 4.11. The summed E-state index contributed by atoms with van der Waals surface area (Å²) in [5.74, 6) is 0. The van der Waals surface area contributed by atoms with E-state index in [0.29, 0.717) is 0 Å². The molecule has 4 heteroatoms. The fraction of sp³-hybridized carbons (Fsp3) is 0.333. The van der Waals surface area contributed by atoms with Crippen LogP contribution < -0.4 is 0 Å². The van der Waals surface area contributed by atoms with Crippen LogP contribution in [-0.2, 0) is 13.1 Å². The fourth-order valence-electron chi connectivity index (χ4n) is 2.87. The summed E-state index contributed by atoms with van der Waals surface area (Å²) in [6.07, 6.45) is 0. The molecule has 0 amide bonds. The summed E-state index contributed by atoms with van der Waals surface area (Å²) in [5, 5.41) is 1.68. The van der Waals surface area contributed by atoms with E-state index >= 15 is 0 Å². The molecule has 0 saturated carbocycles. The van der Waals surface area contributed by atoms with Gasteiger partial charge in [0.2, 0.25) is 0 Å². The maximum Gasteiger partial charge on any atom is 0.0451 e. The van der Waals surface area contributed by atoms with Gasteiger partial charge in [-0.3, -0.25) is 9.80 Å². The van der Waals surface area contributed by atoms with Crippen LogP contribution in [0.1, 0.15) is 11.1 Å². The Kier molecular flexibility index (Phi) is 5.37. The lowest BCUT2D eigenvalue weighted by Gasteiger charge is -2.34. The SMILES string of the molecule is Clc1cccc(CN2CCN(Cc3ccccc3Cl)CC2)c1. The molecule has 1 heterocycles. The minimum atomic E-state index is 0.815. The quantitative estimate of drug-likeness (QED) is 0.821. The Morgan fingerprint density at radius 2 is 1.45 bits per heavy atom. The standard InChI is InChI=1S/C18H20Cl2N2/c19-17-6-3-4-15(12-17)13-21-8-10-22(11-9-21)14-16-5-1-2-7-18(16)20/h1-7,12H,8-11,13-14H2. The van der Waals surface area contributed by atoms with Crippen LogP contribution >= 0.6 is 23.2 Å². The van der Waals surface area contributed by atoms with Gasteiger partial charge in [0.05, 0.1) is 0 Å². The Balaban J connectivity index is 1.51. The van der Waals surface area contributed by atoms with E-state index < -0.39 is 0 Å². The van der Waals surface area contributed by atoms with Gasteiger partial charge in [-0.25, -0.2) is 0 Å². The molecule has 1 aliphatic rings. The Morgan fingerprint density at radius 3 is 2.14 bits per heavy atom. The van der Waals surface area contributed by atoms with Crippen molar-refractivity contribution in [1.82, 2.24) is 9.80 Å². The maximum absolute atomic E-state index is 6.24. The molecule has 22 heavy (non-hydrogen) atoms.